The molecule has 1 aliphatic heterocycles. The molecule has 0 aromatic carbocycles. The first-order chi connectivity index (χ1) is 12.0. The molecule has 8 nitrogen and oxygen atoms in total. The lowest BCUT2D eigenvalue weighted by atomic mass is 10.1. The minimum atomic E-state index is -0.178. The monoisotopic (exact) mass is 345 g/mol. The Kier molecular flexibility index (Phi) is 5.06. The third-order valence-electron chi connectivity index (χ3n) is 4.80. The standard InChI is InChI=1S/C17H27N7O/c1-5-15-20-16-14(8-7-9-24(16)22-15)19-17(25)18-10-13-11(3)21-23(6-2)12(13)4/h14H,5-10H2,1-4H3,(H2,18,19,25)/t14-/m0/s1. The Balaban J connectivity index is 1.62. The number of aromatic nitrogens is 5. The van der Waals surface area contributed by atoms with E-state index in [4.69, 9.17) is 0 Å². The second kappa shape index (κ2) is 7.25. The number of nitrogens with one attached hydrogen (secondary N) is 2. The highest BCUT2D eigenvalue weighted by Crippen LogP contribution is 2.23. The Morgan fingerprint density at radius 3 is 2.76 bits per heavy atom. The molecule has 0 radical (unpaired) electrons. The van der Waals surface area contributed by atoms with E-state index in [2.05, 4.69) is 32.7 Å². The fourth-order valence-electron chi connectivity index (χ4n) is 3.36. The molecule has 0 aliphatic carbocycles. The highest BCUT2D eigenvalue weighted by molar-refractivity contribution is 5.74. The van der Waals surface area contributed by atoms with E-state index in [1.807, 2.05) is 30.1 Å². The summed E-state index contributed by atoms with van der Waals surface area (Å²) in [6, 6.07) is -0.260. The molecule has 2 N–H and O–H groups in total. The van der Waals surface area contributed by atoms with Crippen molar-refractivity contribution in [2.75, 3.05) is 0 Å². The molecule has 0 bridgehead atoms. The Bertz CT molecular complexity index is 761. The van der Waals surface area contributed by atoms with Crippen molar-refractivity contribution in [2.45, 2.75) is 72.6 Å². The van der Waals surface area contributed by atoms with Gasteiger partial charge in [-0.1, -0.05) is 6.92 Å². The van der Waals surface area contributed by atoms with Gasteiger partial charge in [0, 0.05) is 37.3 Å². The first-order valence-corrected chi connectivity index (χ1v) is 9.04. The number of carbonyl (C=O) groups excluding carboxylic acids is 1. The highest BCUT2D eigenvalue weighted by atomic mass is 16.2. The minimum absolute atomic E-state index is 0.0814. The Morgan fingerprint density at radius 1 is 1.28 bits per heavy atom. The topological polar surface area (TPSA) is 89.7 Å². The van der Waals surface area contributed by atoms with Gasteiger partial charge in [-0.05, 0) is 33.6 Å². The molecule has 8 heteroatoms. The summed E-state index contributed by atoms with van der Waals surface area (Å²) >= 11 is 0. The third-order valence-corrected chi connectivity index (χ3v) is 4.80. The molecule has 0 saturated carbocycles. The minimum Gasteiger partial charge on any atom is -0.334 e. The van der Waals surface area contributed by atoms with Gasteiger partial charge in [-0.25, -0.2) is 14.5 Å². The number of nitrogens with zero attached hydrogens (tertiary/aromatic N) is 5. The van der Waals surface area contributed by atoms with Crippen molar-refractivity contribution in [3.8, 4) is 0 Å². The molecule has 2 aromatic rings. The fraction of sp³-hybridized carbons (Fsp3) is 0.647. The molecule has 2 aromatic heterocycles. The molecule has 2 amide bonds. The average molecular weight is 345 g/mol. The molecule has 0 unspecified atom stereocenters. The first-order valence-electron chi connectivity index (χ1n) is 9.04. The van der Waals surface area contributed by atoms with E-state index >= 15 is 0 Å². The van der Waals surface area contributed by atoms with Gasteiger partial charge in [0.15, 0.2) is 5.82 Å². The molecule has 136 valence electrons. The van der Waals surface area contributed by atoms with E-state index in [0.29, 0.717) is 6.54 Å². The Hall–Kier alpha value is -2.38. The van der Waals surface area contributed by atoms with Crippen molar-refractivity contribution in [3.05, 3.63) is 28.6 Å². The van der Waals surface area contributed by atoms with Crippen LogP contribution in [0.25, 0.3) is 0 Å². The van der Waals surface area contributed by atoms with Crippen molar-refractivity contribution in [3.63, 3.8) is 0 Å². The molecule has 0 fully saturated rings. The molecule has 3 heterocycles. The van der Waals surface area contributed by atoms with E-state index in [9.17, 15) is 4.79 Å². The molecule has 3 rings (SSSR count). The lowest BCUT2D eigenvalue weighted by molar-refractivity contribution is 0.232. The number of fused-ring (bicyclic) bond motifs is 1. The van der Waals surface area contributed by atoms with Crippen LogP contribution in [0.4, 0.5) is 4.79 Å². The van der Waals surface area contributed by atoms with Gasteiger partial charge in [0.05, 0.1) is 11.7 Å². The van der Waals surface area contributed by atoms with Crippen LogP contribution in [-0.2, 0) is 26.1 Å². The van der Waals surface area contributed by atoms with Gasteiger partial charge in [0.2, 0.25) is 0 Å². The summed E-state index contributed by atoms with van der Waals surface area (Å²) in [7, 11) is 0. The number of hydrogen-bond acceptors (Lipinski definition) is 4. The maximum atomic E-state index is 12.4. The lowest BCUT2D eigenvalue weighted by Gasteiger charge is -2.23. The normalized spacial score (nSPS) is 16.6. The molecule has 1 atom stereocenters. The summed E-state index contributed by atoms with van der Waals surface area (Å²) in [4.78, 5) is 16.9. The molecule has 0 saturated heterocycles. The number of rotatable bonds is 5. The summed E-state index contributed by atoms with van der Waals surface area (Å²) in [5.41, 5.74) is 3.15. The molecular formula is C17H27N7O. The Morgan fingerprint density at radius 2 is 2.08 bits per heavy atom. The van der Waals surface area contributed by atoms with Crippen molar-refractivity contribution in [1.29, 1.82) is 0 Å². The zero-order chi connectivity index (χ0) is 18.0. The van der Waals surface area contributed by atoms with E-state index in [1.54, 1.807) is 0 Å². The highest BCUT2D eigenvalue weighted by Gasteiger charge is 2.25. The zero-order valence-corrected chi connectivity index (χ0v) is 15.5. The van der Waals surface area contributed by atoms with Crippen LogP contribution < -0.4 is 10.6 Å². The fourth-order valence-corrected chi connectivity index (χ4v) is 3.36. The SMILES string of the molecule is CCc1nc2n(n1)CCC[C@@H]2NC(=O)NCc1c(C)nn(CC)c1C. The van der Waals surface area contributed by atoms with Gasteiger partial charge < -0.3 is 10.6 Å². The predicted octanol–water partition coefficient (Wildman–Crippen LogP) is 2.01. The first kappa shape index (κ1) is 17.4. The van der Waals surface area contributed by atoms with E-state index in [1.165, 1.54) is 0 Å². The lowest BCUT2D eigenvalue weighted by Crippen LogP contribution is -2.40. The van der Waals surface area contributed by atoms with Crippen molar-refractivity contribution >= 4 is 6.03 Å². The summed E-state index contributed by atoms with van der Waals surface area (Å²) in [5, 5.41) is 15.0. The second-order valence-corrected chi connectivity index (χ2v) is 6.45. The number of amides is 2. The van der Waals surface area contributed by atoms with Crippen molar-refractivity contribution in [2.24, 2.45) is 0 Å². The predicted molar refractivity (Wildman–Crippen MR) is 94.1 cm³/mol. The third kappa shape index (κ3) is 3.52. The van der Waals surface area contributed by atoms with Crippen LogP contribution in [0.1, 0.15) is 61.3 Å². The van der Waals surface area contributed by atoms with Crippen LogP contribution in [0, 0.1) is 13.8 Å². The summed E-state index contributed by atoms with van der Waals surface area (Å²) in [5.74, 6) is 1.70. The van der Waals surface area contributed by atoms with Gasteiger partial charge in [0.25, 0.3) is 0 Å². The van der Waals surface area contributed by atoms with Gasteiger partial charge in [-0.15, -0.1) is 0 Å². The maximum Gasteiger partial charge on any atom is 0.315 e. The maximum absolute atomic E-state index is 12.4. The summed E-state index contributed by atoms with van der Waals surface area (Å²) in [6.07, 6.45) is 2.69. The van der Waals surface area contributed by atoms with Gasteiger partial charge >= 0.3 is 6.03 Å². The van der Waals surface area contributed by atoms with E-state index in [0.717, 1.165) is 61.0 Å². The number of aryl methyl sites for hydroxylation is 4. The zero-order valence-electron chi connectivity index (χ0n) is 15.5. The van der Waals surface area contributed by atoms with Crippen LogP contribution >= 0.6 is 0 Å². The number of carbonyl (C=O) groups is 1. The molecule has 25 heavy (non-hydrogen) atoms. The van der Waals surface area contributed by atoms with E-state index < -0.39 is 0 Å². The quantitative estimate of drug-likeness (QED) is 0.867. The van der Waals surface area contributed by atoms with Crippen LogP contribution in [0.3, 0.4) is 0 Å². The van der Waals surface area contributed by atoms with E-state index in [-0.39, 0.29) is 12.1 Å². The largest absolute Gasteiger partial charge is 0.334 e. The average Bonchev–Trinajstić information content (AvgIpc) is 3.14. The van der Waals surface area contributed by atoms with Crippen molar-refractivity contribution < 1.29 is 4.79 Å². The van der Waals surface area contributed by atoms with Crippen LogP contribution in [0.15, 0.2) is 0 Å². The molecule has 1 aliphatic rings. The van der Waals surface area contributed by atoms with Gasteiger partial charge in [-0.3, -0.25) is 4.68 Å². The second-order valence-electron chi connectivity index (χ2n) is 6.45. The molecule has 0 spiro atoms. The van der Waals surface area contributed by atoms with Gasteiger partial charge in [0.1, 0.15) is 5.82 Å². The van der Waals surface area contributed by atoms with Gasteiger partial charge in [-0.2, -0.15) is 10.2 Å². The van der Waals surface area contributed by atoms with Crippen LogP contribution in [0.2, 0.25) is 0 Å². The summed E-state index contributed by atoms with van der Waals surface area (Å²) in [6.45, 7) is 10.3. The number of urea groups is 1. The summed E-state index contributed by atoms with van der Waals surface area (Å²) < 4.78 is 3.88. The number of hydrogen-bond donors (Lipinski definition) is 2. The molecular weight excluding hydrogens is 318 g/mol. The van der Waals surface area contributed by atoms with Crippen LogP contribution in [0.5, 0.6) is 0 Å². The van der Waals surface area contributed by atoms with Crippen LogP contribution in [-0.4, -0.2) is 30.6 Å². The Labute approximate surface area is 148 Å². The van der Waals surface area contributed by atoms with Crippen molar-refractivity contribution in [1.82, 2.24) is 35.2 Å². The smallest absolute Gasteiger partial charge is 0.315 e.